The molecule has 13 heavy (non-hydrogen) atoms. The second-order valence-corrected chi connectivity index (χ2v) is 2.68. The largest absolute Gasteiger partial charge is 0.386 e. The van der Waals surface area contributed by atoms with Crippen LogP contribution < -0.4 is 5.23 Å². The Bertz CT molecular complexity index is 266. The van der Waals surface area contributed by atoms with Gasteiger partial charge < -0.3 is 15.1 Å². The molecule has 0 aliphatic rings. The number of hydrogen-bond donors (Lipinski definition) is 2. The van der Waals surface area contributed by atoms with Crippen LogP contribution >= 0.6 is 0 Å². The highest BCUT2D eigenvalue weighted by molar-refractivity contribution is 6.05. The molecule has 2 atom stereocenters. The van der Waals surface area contributed by atoms with Crippen LogP contribution in [0.4, 0.5) is 0 Å². The number of carbonyl (C=O) groups is 1. The highest BCUT2D eigenvalue weighted by Gasteiger charge is 2.17. The third kappa shape index (κ3) is 2.40. The average Bonchev–Trinajstić information content (AvgIpc) is 2.21. The van der Waals surface area contributed by atoms with Gasteiger partial charge in [-0.1, -0.05) is 30.3 Å². The van der Waals surface area contributed by atoms with Crippen LogP contribution in [0.5, 0.6) is 0 Å². The number of aldehydes is 1. The molecule has 1 rings (SSSR count). The molecule has 0 saturated carbocycles. The molecule has 0 aromatic heterocycles. The fourth-order valence-electron chi connectivity index (χ4n) is 1.06. The standard InChI is InChI=1S/C9H10BNO2/c10-11-8(6-12)9(13)7-4-2-1-3-5-7/h1-6,8-9,11,13H/t8-,9+/m1/s1. The van der Waals surface area contributed by atoms with Crippen LogP contribution in [0.25, 0.3) is 0 Å². The zero-order chi connectivity index (χ0) is 9.68. The Morgan fingerprint density at radius 1 is 1.38 bits per heavy atom. The van der Waals surface area contributed by atoms with E-state index in [1.807, 2.05) is 6.07 Å². The first kappa shape index (κ1) is 9.96. The van der Waals surface area contributed by atoms with Gasteiger partial charge in [0.1, 0.15) is 12.4 Å². The van der Waals surface area contributed by atoms with Crippen molar-refractivity contribution in [1.29, 1.82) is 0 Å². The fourth-order valence-corrected chi connectivity index (χ4v) is 1.06. The molecular formula is C9H10BNO2. The van der Waals surface area contributed by atoms with Crippen LogP contribution in [0, 0.1) is 0 Å². The van der Waals surface area contributed by atoms with E-state index in [0.717, 1.165) is 0 Å². The molecule has 0 aliphatic carbocycles. The van der Waals surface area contributed by atoms with E-state index in [1.165, 1.54) is 0 Å². The third-order valence-electron chi connectivity index (χ3n) is 1.82. The van der Waals surface area contributed by atoms with Crippen LogP contribution in [-0.4, -0.2) is 25.4 Å². The molecule has 0 heterocycles. The van der Waals surface area contributed by atoms with Crippen molar-refractivity contribution in [3.05, 3.63) is 35.9 Å². The summed E-state index contributed by atoms with van der Waals surface area (Å²) in [4.78, 5) is 10.4. The zero-order valence-electron chi connectivity index (χ0n) is 7.05. The second kappa shape index (κ2) is 4.79. The van der Waals surface area contributed by atoms with Crippen molar-refractivity contribution in [2.45, 2.75) is 12.1 Å². The Morgan fingerprint density at radius 2 is 2.00 bits per heavy atom. The lowest BCUT2D eigenvalue weighted by molar-refractivity contribution is -0.111. The smallest absolute Gasteiger partial charge is 0.178 e. The van der Waals surface area contributed by atoms with Gasteiger partial charge >= 0.3 is 0 Å². The summed E-state index contributed by atoms with van der Waals surface area (Å²) in [7, 11) is 5.08. The lowest BCUT2D eigenvalue weighted by atomic mass is 10.0. The molecule has 2 N–H and O–H groups in total. The number of carbonyl (C=O) groups excluding carboxylic acids is 1. The van der Waals surface area contributed by atoms with Crippen LogP contribution in [-0.2, 0) is 4.79 Å². The Balaban J connectivity index is 2.77. The van der Waals surface area contributed by atoms with Crippen molar-refractivity contribution < 1.29 is 9.90 Å². The van der Waals surface area contributed by atoms with Crippen molar-refractivity contribution in [3.63, 3.8) is 0 Å². The van der Waals surface area contributed by atoms with Gasteiger partial charge in [-0.25, -0.2) is 0 Å². The monoisotopic (exact) mass is 175 g/mol. The lowest BCUT2D eigenvalue weighted by Gasteiger charge is -2.17. The van der Waals surface area contributed by atoms with Crippen LogP contribution in [0.15, 0.2) is 30.3 Å². The molecule has 0 spiro atoms. The number of nitrogens with one attached hydrogen (secondary N) is 1. The molecule has 4 heteroatoms. The van der Waals surface area contributed by atoms with Gasteiger partial charge in [-0.05, 0) is 5.56 Å². The Kier molecular flexibility index (Phi) is 3.67. The molecule has 0 amide bonds. The summed E-state index contributed by atoms with van der Waals surface area (Å²) in [6.45, 7) is 0. The number of aliphatic hydroxyl groups is 1. The Morgan fingerprint density at radius 3 is 2.46 bits per heavy atom. The molecular weight excluding hydrogens is 165 g/mol. The van der Waals surface area contributed by atoms with Crippen molar-refractivity contribution in [3.8, 4) is 0 Å². The van der Waals surface area contributed by atoms with E-state index in [0.29, 0.717) is 11.8 Å². The molecule has 0 aliphatic heterocycles. The van der Waals surface area contributed by atoms with Gasteiger partial charge in [-0.2, -0.15) is 0 Å². The third-order valence-corrected chi connectivity index (χ3v) is 1.82. The van der Waals surface area contributed by atoms with E-state index >= 15 is 0 Å². The minimum Gasteiger partial charge on any atom is -0.386 e. The van der Waals surface area contributed by atoms with Gasteiger partial charge in [0.25, 0.3) is 0 Å². The topological polar surface area (TPSA) is 49.3 Å². The van der Waals surface area contributed by atoms with E-state index in [1.54, 1.807) is 24.3 Å². The second-order valence-electron chi connectivity index (χ2n) is 2.68. The molecule has 1 aromatic rings. The number of hydrogen-bond acceptors (Lipinski definition) is 3. The van der Waals surface area contributed by atoms with E-state index in [9.17, 15) is 9.90 Å². The zero-order valence-corrected chi connectivity index (χ0v) is 7.05. The maximum absolute atomic E-state index is 10.4. The van der Waals surface area contributed by atoms with E-state index in [4.69, 9.17) is 7.98 Å². The summed E-state index contributed by atoms with van der Waals surface area (Å²) in [5, 5.41) is 11.8. The minimum atomic E-state index is -0.899. The first-order valence-electron chi connectivity index (χ1n) is 3.94. The molecule has 0 bridgehead atoms. The fraction of sp³-hybridized carbons (Fsp3) is 0.222. The Hall–Kier alpha value is -1.13. The SMILES string of the molecule is [B]N[C@H](C=O)[C@@H](O)c1ccccc1. The predicted octanol–water partition coefficient (Wildman–Crippen LogP) is -0.0394. The van der Waals surface area contributed by atoms with Crippen molar-refractivity contribution in [2.24, 2.45) is 0 Å². The normalized spacial score (nSPS) is 14.8. The highest BCUT2D eigenvalue weighted by Crippen LogP contribution is 2.14. The van der Waals surface area contributed by atoms with Gasteiger partial charge in [0, 0.05) is 0 Å². The van der Waals surface area contributed by atoms with E-state index in [-0.39, 0.29) is 0 Å². The highest BCUT2D eigenvalue weighted by atomic mass is 16.3. The van der Waals surface area contributed by atoms with Crippen LogP contribution in [0.2, 0.25) is 0 Å². The number of benzene rings is 1. The molecule has 0 saturated heterocycles. The van der Waals surface area contributed by atoms with Crippen molar-refractivity contribution >= 4 is 14.3 Å². The van der Waals surface area contributed by atoms with Gasteiger partial charge in [0.15, 0.2) is 7.98 Å². The first-order chi connectivity index (χ1) is 6.29. The van der Waals surface area contributed by atoms with Crippen LogP contribution in [0.3, 0.4) is 0 Å². The van der Waals surface area contributed by atoms with E-state index < -0.39 is 12.1 Å². The summed E-state index contributed by atoms with van der Waals surface area (Å²) < 4.78 is 0. The van der Waals surface area contributed by atoms with Gasteiger partial charge in [0.05, 0.1) is 6.04 Å². The summed E-state index contributed by atoms with van der Waals surface area (Å²) in [5.41, 5.74) is 0.664. The molecule has 2 radical (unpaired) electrons. The van der Waals surface area contributed by atoms with Crippen molar-refractivity contribution in [1.82, 2.24) is 5.23 Å². The molecule has 0 fully saturated rings. The van der Waals surface area contributed by atoms with Crippen molar-refractivity contribution in [2.75, 3.05) is 0 Å². The summed E-state index contributed by atoms with van der Waals surface area (Å²) in [5.74, 6) is 0. The Labute approximate surface area is 78.2 Å². The predicted molar refractivity (Wildman–Crippen MR) is 50.1 cm³/mol. The molecule has 3 nitrogen and oxygen atoms in total. The van der Waals surface area contributed by atoms with Gasteiger partial charge in [0.2, 0.25) is 0 Å². The number of aliphatic hydroxyl groups excluding tert-OH is 1. The average molecular weight is 175 g/mol. The van der Waals surface area contributed by atoms with Gasteiger partial charge in [-0.3, -0.25) is 0 Å². The van der Waals surface area contributed by atoms with Crippen LogP contribution in [0.1, 0.15) is 11.7 Å². The quantitative estimate of drug-likeness (QED) is 0.498. The van der Waals surface area contributed by atoms with E-state index in [2.05, 4.69) is 5.23 Å². The maximum atomic E-state index is 10.4. The first-order valence-corrected chi connectivity index (χ1v) is 3.94. The number of rotatable bonds is 4. The summed E-state index contributed by atoms with van der Waals surface area (Å²) in [6.07, 6.45) is -0.318. The molecule has 0 unspecified atom stereocenters. The summed E-state index contributed by atoms with van der Waals surface area (Å²) >= 11 is 0. The minimum absolute atomic E-state index is 0.581. The maximum Gasteiger partial charge on any atom is 0.178 e. The molecule has 1 aromatic carbocycles. The van der Waals surface area contributed by atoms with Gasteiger partial charge in [-0.15, -0.1) is 0 Å². The summed E-state index contributed by atoms with van der Waals surface area (Å²) in [6, 6.07) is 8.12. The molecule has 66 valence electrons. The lowest BCUT2D eigenvalue weighted by Crippen LogP contribution is -2.34.